The van der Waals surface area contributed by atoms with Crippen LogP contribution < -0.4 is 5.32 Å². The third-order valence-electron chi connectivity index (χ3n) is 5.27. The van der Waals surface area contributed by atoms with Crippen molar-refractivity contribution < 1.29 is 17.6 Å². The van der Waals surface area contributed by atoms with E-state index in [1.807, 2.05) is 31.2 Å². The molecule has 0 bridgehead atoms. The van der Waals surface area contributed by atoms with Gasteiger partial charge in [0.1, 0.15) is 5.82 Å². The molecule has 1 amide bonds. The fraction of sp³-hybridized carbons (Fsp3) is 0.273. The molecule has 6 nitrogen and oxygen atoms in total. The van der Waals surface area contributed by atoms with E-state index in [-0.39, 0.29) is 35.6 Å². The summed E-state index contributed by atoms with van der Waals surface area (Å²) in [6.45, 7) is 2.02. The van der Waals surface area contributed by atoms with Gasteiger partial charge in [0.05, 0.1) is 23.2 Å². The number of nitrogens with one attached hydrogen (secondary N) is 1. The molecule has 0 radical (unpaired) electrons. The largest absolute Gasteiger partial charge is 0.346 e. The van der Waals surface area contributed by atoms with E-state index in [9.17, 15) is 17.6 Å². The van der Waals surface area contributed by atoms with E-state index in [0.29, 0.717) is 17.7 Å². The zero-order valence-electron chi connectivity index (χ0n) is 16.5. The summed E-state index contributed by atoms with van der Waals surface area (Å²) >= 11 is 0. The van der Waals surface area contributed by atoms with Gasteiger partial charge in [0.15, 0.2) is 15.5 Å². The molecular weight excluding hydrogens is 405 g/mol. The molecule has 30 heavy (non-hydrogen) atoms. The Kier molecular flexibility index (Phi) is 5.42. The average molecular weight is 428 g/mol. The molecular formula is C22H22FN3O3S. The zero-order chi connectivity index (χ0) is 21.3. The number of aryl methyl sites for hydroxylation is 1. The van der Waals surface area contributed by atoms with E-state index in [2.05, 4.69) is 10.4 Å². The molecule has 3 aromatic rings. The predicted octanol–water partition coefficient (Wildman–Crippen LogP) is 3.29. The molecule has 1 fully saturated rings. The van der Waals surface area contributed by atoms with E-state index >= 15 is 0 Å². The molecule has 0 saturated carbocycles. The lowest BCUT2D eigenvalue weighted by molar-refractivity contribution is 0.0944. The van der Waals surface area contributed by atoms with Gasteiger partial charge < -0.3 is 5.32 Å². The van der Waals surface area contributed by atoms with Gasteiger partial charge in [0.2, 0.25) is 0 Å². The summed E-state index contributed by atoms with van der Waals surface area (Å²) in [4.78, 5) is 12.7. The van der Waals surface area contributed by atoms with Gasteiger partial charge in [-0.05, 0) is 31.0 Å². The van der Waals surface area contributed by atoms with E-state index < -0.39 is 15.7 Å². The highest BCUT2D eigenvalue weighted by molar-refractivity contribution is 7.91. The van der Waals surface area contributed by atoms with Gasteiger partial charge in [0.25, 0.3) is 5.91 Å². The van der Waals surface area contributed by atoms with Crippen LogP contribution in [0.15, 0.2) is 54.6 Å². The summed E-state index contributed by atoms with van der Waals surface area (Å²) in [5.74, 6) is -0.713. The minimum absolute atomic E-state index is 0.00380. The van der Waals surface area contributed by atoms with Crippen LogP contribution in [-0.4, -0.2) is 35.6 Å². The van der Waals surface area contributed by atoms with Gasteiger partial charge >= 0.3 is 0 Å². The minimum atomic E-state index is -3.11. The van der Waals surface area contributed by atoms with Gasteiger partial charge in [-0.1, -0.05) is 48.0 Å². The molecule has 0 spiro atoms. The number of hydrogen-bond acceptors (Lipinski definition) is 4. The van der Waals surface area contributed by atoms with Gasteiger partial charge in [-0.25, -0.2) is 12.8 Å². The zero-order valence-corrected chi connectivity index (χ0v) is 17.3. The second-order valence-corrected chi connectivity index (χ2v) is 9.79. The van der Waals surface area contributed by atoms with Crippen LogP contribution in [0.1, 0.15) is 34.1 Å². The molecule has 2 heterocycles. The Morgan fingerprint density at radius 2 is 1.93 bits per heavy atom. The normalized spacial score (nSPS) is 17.7. The Morgan fingerprint density at radius 1 is 1.20 bits per heavy atom. The predicted molar refractivity (Wildman–Crippen MR) is 112 cm³/mol. The molecule has 1 aromatic heterocycles. The highest BCUT2D eigenvalue weighted by atomic mass is 32.2. The molecule has 1 saturated heterocycles. The number of benzene rings is 2. The van der Waals surface area contributed by atoms with E-state index in [1.165, 1.54) is 6.07 Å². The first-order valence-corrected chi connectivity index (χ1v) is 11.5. The van der Waals surface area contributed by atoms with Crippen LogP contribution in [0.25, 0.3) is 11.3 Å². The van der Waals surface area contributed by atoms with Crippen molar-refractivity contribution in [3.05, 3.63) is 77.2 Å². The summed E-state index contributed by atoms with van der Waals surface area (Å²) in [7, 11) is -3.11. The quantitative estimate of drug-likeness (QED) is 0.678. The van der Waals surface area contributed by atoms with Crippen molar-refractivity contribution >= 4 is 15.7 Å². The van der Waals surface area contributed by atoms with Gasteiger partial charge in [-0.3, -0.25) is 9.48 Å². The lowest BCUT2D eigenvalue weighted by atomic mass is 10.1. The van der Waals surface area contributed by atoms with Crippen LogP contribution in [-0.2, 0) is 16.4 Å². The number of hydrogen-bond donors (Lipinski definition) is 1. The molecule has 1 aliphatic heterocycles. The van der Waals surface area contributed by atoms with Crippen molar-refractivity contribution in [3.8, 4) is 11.3 Å². The van der Waals surface area contributed by atoms with Crippen molar-refractivity contribution in [2.75, 3.05) is 11.5 Å². The Balaban J connectivity index is 1.63. The summed E-state index contributed by atoms with van der Waals surface area (Å²) in [5, 5.41) is 7.13. The van der Waals surface area contributed by atoms with Crippen molar-refractivity contribution in [2.24, 2.45) is 0 Å². The smallest absolute Gasteiger partial charge is 0.272 e. The summed E-state index contributed by atoms with van der Waals surface area (Å²) < 4.78 is 39.4. The number of nitrogens with zero attached hydrogens (tertiary/aromatic N) is 2. The molecule has 156 valence electrons. The highest BCUT2D eigenvalue weighted by Crippen LogP contribution is 2.30. The standard InChI is InChI=1S/C22H22FN3O3S/c1-15-6-8-16(9-7-15)21-12-20(25-26(21)18-10-11-30(28,29)14-18)22(27)24-13-17-4-2-3-5-19(17)23/h2-9,12,18H,10-11,13-14H2,1H3,(H,24,27)/t18-/m0/s1. The molecule has 4 rings (SSSR count). The highest BCUT2D eigenvalue weighted by Gasteiger charge is 2.32. The molecule has 0 unspecified atom stereocenters. The number of carbonyl (C=O) groups excluding carboxylic acids is 1. The third-order valence-corrected chi connectivity index (χ3v) is 7.02. The number of carbonyl (C=O) groups is 1. The minimum Gasteiger partial charge on any atom is -0.346 e. The van der Waals surface area contributed by atoms with E-state index in [0.717, 1.165) is 11.1 Å². The van der Waals surface area contributed by atoms with Crippen LogP contribution >= 0.6 is 0 Å². The van der Waals surface area contributed by atoms with Gasteiger partial charge in [0, 0.05) is 12.1 Å². The number of aromatic nitrogens is 2. The lowest BCUT2D eigenvalue weighted by Crippen LogP contribution is -2.24. The maximum absolute atomic E-state index is 13.8. The van der Waals surface area contributed by atoms with Gasteiger partial charge in [-0.15, -0.1) is 0 Å². The molecule has 8 heteroatoms. The maximum Gasteiger partial charge on any atom is 0.272 e. The number of halogens is 1. The first kappa shape index (κ1) is 20.3. The summed E-state index contributed by atoms with van der Waals surface area (Å²) in [6.07, 6.45) is 0.458. The molecule has 1 aliphatic rings. The monoisotopic (exact) mass is 427 g/mol. The second kappa shape index (κ2) is 8.02. The third kappa shape index (κ3) is 4.28. The SMILES string of the molecule is Cc1ccc(-c2cc(C(=O)NCc3ccccc3F)nn2[C@H]2CCS(=O)(=O)C2)cc1. The first-order valence-electron chi connectivity index (χ1n) is 9.71. The van der Waals surface area contributed by atoms with Gasteiger partial charge in [-0.2, -0.15) is 5.10 Å². The first-order chi connectivity index (χ1) is 14.3. The fourth-order valence-corrected chi connectivity index (χ4v) is 5.29. The second-order valence-electron chi connectivity index (χ2n) is 7.56. The number of rotatable bonds is 5. The van der Waals surface area contributed by atoms with Crippen molar-refractivity contribution in [3.63, 3.8) is 0 Å². The molecule has 2 aromatic carbocycles. The molecule has 1 atom stereocenters. The van der Waals surface area contributed by atoms with Crippen molar-refractivity contribution in [2.45, 2.75) is 25.9 Å². The van der Waals surface area contributed by atoms with Crippen molar-refractivity contribution in [1.82, 2.24) is 15.1 Å². The maximum atomic E-state index is 13.8. The Morgan fingerprint density at radius 3 is 2.60 bits per heavy atom. The number of amides is 1. The van der Waals surface area contributed by atoms with E-state index in [1.54, 1.807) is 28.9 Å². The van der Waals surface area contributed by atoms with Crippen LogP contribution in [0.5, 0.6) is 0 Å². The Bertz CT molecular complexity index is 1190. The van der Waals surface area contributed by atoms with E-state index in [4.69, 9.17) is 0 Å². The number of sulfone groups is 1. The van der Waals surface area contributed by atoms with Crippen LogP contribution in [0.2, 0.25) is 0 Å². The molecule has 1 N–H and O–H groups in total. The Hall–Kier alpha value is -3.00. The topological polar surface area (TPSA) is 81.1 Å². The van der Waals surface area contributed by atoms with Crippen LogP contribution in [0.3, 0.4) is 0 Å². The summed E-state index contributed by atoms with van der Waals surface area (Å²) in [5.41, 5.74) is 3.19. The Labute approximate surface area is 174 Å². The van der Waals surface area contributed by atoms with Crippen molar-refractivity contribution in [1.29, 1.82) is 0 Å². The summed E-state index contributed by atoms with van der Waals surface area (Å²) in [6, 6.07) is 15.3. The molecule has 0 aliphatic carbocycles. The van der Waals surface area contributed by atoms with Crippen LogP contribution in [0, 0.1) is 12.7 Å². The lowest BCUT2D eigenvalue weighted by Gasteiger charge is -2.13. The average Bonchev–Trinajstić information content (AvgIpc) is 3.31. The fourth-order valence-electron chi connectivity index (χ4n) is 3.60. The van der Waals surface area contributed by atoms with Crippen LogP contribution in [0.4, 0.5) is 4.39 Å².